The monoisotopic (exact) mass is 725 g/mol. The van der Waals surface area contributed by atoms with Gasteiger partial charge in [0.05, 0.1) is 37.3 Å². The minimum absolute atomic E-state index is 0.00203. The van der Waals surface area contributed by atoms with Crippen LogP contribution < -0.4 is 0 Å². The molecule has 0 aromatic heterocycles. The first kappa shape index (κ1) is 36.7. The second kappa shape index (κ2) is 16.1. The lowest BCUT2D eigenvalue weighted by molar-refractivity contribution is -0.563. The van der Waals surface area contributed by atoms with Crippen molar-refractivity contribution >= 4 is 37.0 Å². The summed E-state index contributed by atoms with van der Waals surface area (Å²) in [5.74, 6) is 2.71. The van der Waals surface area contributed by atoms with E-state index >= 15 is 0 Å². The molecule has 4 saturated carbocycles. The number of hydrogen-bond acceptors (Lipinski definition) is 9. The number of allylic oxidation sites excluding steroid dienone is 2. The van der Waals surface area contributed by atoms with Gasteiger partial charge in [-0.2, -0.15) is 0 Å². The van der Waals surface area contributed by atoms with Crippen LogP contribution in [0.1, 0.15) is 122 Å². The van der Waals surface area contributed by atoms with E-state index in [1.165, 1.54) is 70.6 Å². The Morgan fingerprint density at radius 2 is 1.46 bits per heavy atom. The Morgan fingerprint density at radius 1 is 0.833 bits per heavy atom. The zero-order chi connectivity index (χ0) is 33.9. The third kappa shape index (κ3) is 9.42. The van der Waals surface area contributed by atoms with Crippen molar-refractivity contribution < 1.29 is 35.3 Å². The van der Waals surface area contributed by atoms with Gasteiger partial charge in [-0.1, -0.05) is 71.1 Å². The van der Waals surface area contributed by atoms with E-state index in [0.29, 0.717) is 42.0 Å². The molecule has 2 aliphatic heterocycles. The van der Waals surface area contributed by atoms with Gasteiger partial charge in [-0.25, -0.2) is 21.4 Å². The number of nitrogens with zero attached hydrogens (tertiary/aromatic N) is 2. The standard InChI is InChI=1S/C36H58N2O7S3/c1-2-26(22-35-37(19-21-48(42,43)44)31-24-29(14-16-33(31)45-35)27-10-5-3-6-11-27)23-36-38(18-9-20-47(39,40)41)32-25-30(15-17-34(32)46-36)28-12-7-4-8-13-28/h22-23,27-34H,2-21,24-25H2,1H3,(H-,39,40,41,42,43,44)/p-1. The van der Waals surface area contributed by atoms with Gasteiger partial charge < -0.3 is 18.7 Å². The van der Waals surface area contributed by atoms with Gasteiger partial charge in [0, 0.05) is 37.3 Å². The molecule has 0 N–H and O–H groups in total. The normalized spacial score (nSPS) is 33.6. The van der Waals surface area contributed by atoms with E-state index in [2.05, 4.69) is 28.6 Å². The van der Waals surface area contributed by atoms with Gasteiger partial charge in [0.25, 0.3) is 0 Å². The van der Waals surface area contributed by atoms with E-state index in [-0.39, 0.29) is 24.4 Å². The third-order valence-electron chi connectivity index (χ3n) is 12.5. The lowest BCUT2D eigenvalue weighted by Gasteiger charge is -2.39. The van der Waals surface area contributed by atoms with Crippen LogP contribution in [0.5, 0.6) is 0 Å². The highest BCUT2D eigenvalue weighted by Gasteiger charge is 2.48. The zero-order valence-electron chi connectivity index (χ0n) is 28.8. The lowest BCUT2D eigenvalue weighted by Crippen LogP contribution is -2.43. The first-order valence-corrected chi connectivity index (χ1v) is 23.0. The van der Waals surface area contributed by atoms with Gasteiger partial charge >= 0.3 is 0 Å². The molecule has 0 aromatic carbocycles. The molecule has 4 aliphatic carbocycles. The Kier molecular flexibility index (Phi) is 12.3. The van der Waals surface area contributed by atoms with Crippen molar-refractivity contribution in [3.05, 3.63) is 23.6 Å². The maximum absolute atomic E-state index is 11.8. The Labute approximate surface area is 293 Å². The fourth-order valence-corrected chi connectivity index (χ4v) is 12.5. The Hall–Kier alpha value is -1.08. The smallest absolute Gasteiger partial charge is 0.235 e. The molecule has 6 aliphatic rings. The summed E-state index contributed by atoms with van der Waals surface area (Å²) >= 11 is 1.90. The van der Waals surface area contributed by atoms with Crippen LogP contribution in [0.25, 0.3) is 0 Å². The summed E-state index contributed by atoms with van der Waals surface area (Å²) in [6.45, 7) is 2.79. The molecule has 12 heteroatoms. The average Bonchev–Trinajstić information content (AvgIpc) is 3.59. The molecular formula is C36H57N2O7S3-. The van der Waals surface area contributed by atoms with Crippen molar-refractivity contribution in [2.45, 2.75) is 146 Å². The number of fused-ring (bicyclic) bond motifs is 2. The maximum Gasteiger partial charge on any atom is 0.235 e. The SMILES string of the molecule is CCC(=CC1=[N+](CCCS(=O)(=O)[O-])C2CC(C3CCCCC3)CCC2S1)C=C1OC2CCC(C3CCCCC3)CC2N1CCS(=O)(=O)[O-]. The summed E-state index contributed by atoms with van der Waals surface area (Å²) in [4.78, 5) is 2.08. The summed E-state index contributed by atoms with van der Waals surface area (Å²) in [6, 6.07) is 0.415. The second-order valence-corrected chi connectivity index (χ2v) is 19.9. The number of rotatable bonds is 12. The van der Waals surface area contributed by atoms with Crippen molar-refractivity contribution in [2.75, 3.05) is 24.6 Å². The molecule has 0 spiro atoms. The molecular weight excluding hydrogens is 669 g/mol. The Balaban J connectivity index is 1.26. The van der Waals surface area contributed by atoms with Crippen molar-refractivity contribution in [2.24, 2.45) is 23.7 Å². The van der Waals surface area contributed by atoms with Crippen LogP contribution in [-0.2, 0) is 25.0 Å². The van der Waals surface area contributed by atoms with Crippen molar-refractivity contribution in [1.29, 1.82) is 0 Å². The predicted octanol–water partition coefficient (Wildman–Crippen LogP) is 6.37. The fraction of sp³-hybridized carbons (Fsp3) is 0.861. The van der Waals surface area contributed by atoms with Crippen molar-refractivity contribution in [1.82, 2.24) is 4.90 Å². The molecule has 6 unspecified atom stereocenters. The fourth-order valence-electron chi connectivity index (χ4n) is 10.0. The summed E-state index contributed by atoms with van der Waals surface area (Å²) in [5.41, 5.74) is 1.06. The van der Waals surface area contributed by atoms with Crippen LogP contribution in [0.4, 0.5) is 0 Å². The van der Waals surface area contributed by atoms with Crippen LogP contribution in [0.3, 0.4) is 0 Å². The predicted molar refractivity (Wildman–Crippen MR) is 189 cm³/mol. The van der Waals surface area contributed by atoms with Crippen molar-refractivity contribution in [3.63, 3.8) is 0 Å². The summed E-state index contributed by atoms with van der Waals surface area (Å²) in [7, 11) is -8.66. The molecule has 9 nitrogen and oxygen atoms in total. The van der Waals surface area contributed by atoms with Crippen LogP contribution >= 0.6 is 11.8 Å². The summed E-state index contributed by atoms with van der Waals surface area (Å²) < 4.78 is 78.9. The van der Waals surface area contributed by atoms with E-state index in [1.807, 2.05) is 11.8 Å². The molecule has 0 aromatic rings. The second-order valence-electron chi connectivity index (χ2n) is 15.5. The summed E-state index contributed by atoms with van der Waals surface area (Å²) in [6.07, 6.45) is 25.0. The topological polar surface area (TPSA) is 130 Å². The van der Waals surface area contributed by atoms with E-state index < -0.39 is 26.0 Å². The van der Waals surface area contributed by atoms with Crippen LogP contribution in [0, 0.1) is 23.7 Å². The van der Waals surface area contributed by atoms with E-state index in [1.54, 1.807) is 0 Å². The van der Waals surface area contributed by atoms with E-state index in [9.17, 15) is 25.9 Å². The number of hydrogen-bond donors (Lipinski definition) is 0. The Morgan fingerprint density at radius 3 is 2.08 bits per heavy atom. The minimum Gasteiger partial charge on any atom is -0.748 e. The van der Waals surface area contributed by atoms with Crippen molar-refractivity contribution in [3.8, 4) is 0 Å². The number of thioether (sulfide) groups is 1. The molecule has 0 bridgehead atoms. The Bertz CT molecular complexity index is 1430. The first-order chi connectivity index (χ1) is 23.0. The lowest BCUT2D eigenvalue weighted by atomic mass is 9.71. The van der Waals surface area contributed by atoms with Gasteiger partial charge in [0.15, 0.2) is 11.9 Å². The molecule has 2 heterocycles. The highest BCUT2D eigenvalue weighted by molar-refractivity contribution is 8.14. The van der Waals surface area contributed by atoms with E-state index in [0.717, 1.165) is 61.0 Å². The number of ether oxygens (including phenoxy) is 1. The highest BCUT2D eigenvalue weighted by atomic mass is 32.2. The molecule has 48 heavy (non-hydrogen) atoms. The van der Waals surface area contributed by atoms with Gasteiger partial charge in [0.2, 0.25) is 5.04 Å². The highest BCUT2D eigenvalue weighted by Crippen LogP contribution is 2.46. The van der Waals surface area contributed by atoms with Crippen LogP contribution in [0.15, 0.2) is 23.6 Å². The van der Waals surface area contributed by atoms with Crippen LogP contribution in [0.2, 0.25) is 0 Å². The zero-order valence-corrected chi connectivity index (χ0v) is 31.3. The molecule has 6 rings (SSSR count). The molecule has 0 amide bonds. The molecule has 0 radical (unpaired) electrons. The quantitative estimate of drug-likeness (QED) is 0.166. The molecule has 272 valence electrons. The maximum atomic E-state index is 11.8. The molecule has 5 fully saturated rings. The van der Waals surface area contributed by atoms with Gasteiger partial charge in [0.1, 0.15) is 12.6 Å². The average molecular weight is 726 g/mol. The first-order valence-electron chi connectivity index (χ1n) is 19.0. The van der Waals surface area contributed by atoms with Gasteiger partial charge in [-0.3, -0.25) is 0 Å². The van der Waals surface area contributed by atoms with Gasteiger partial charge in [-0.15, -0.1) is 0 Å². The van der Waals surface area contributed by atoms with E-state index in [4.69, 9.17) is 4.74 Å². The molecule has 6 atom stereocenters. The largest absolute Gasteiger partial charge is 0.748 e. The minimum atomic E-state index is -4.38. The van der Waals surface area contributed by atoms with Crippen LogP contribution in [-0.4, -0.2) is 88.5 Å². The molecule has 1 saturated heterocycles. The third-order valence-corrected chi connectivity index (χ3v) is 15.5. The van der Waals surface area contributed by atoms with Gasteiger partial charge in [-0.05, 0) is 79.5 Å². The summed E-state index contributed by atoms with van der Waals surface area (Å²) in [5, 5.41) is 1.58.